The number of aromatic nitrogens is 3. The molecule has 2 aliphatic rings. The number of aryl methyl sites for hydroxylation is 1. The molecule has 5 heteroatoms. The van der Waals surface area contributed by atoms with Gasteiger partial charge in [0.15, 0.2) is 0 Å². The van der Waals surface area contributed by atoms with E-state index in [2.05, 4.69) is 25.8 Å². The van der Waals surface area contributed by atoms with Crippen LogP contribution in [0.15, 0.2) is 30.9 Å². The van der Waals surface area contributed by atoms with Crippen molar-refractivity contribution < 1.29 is 0 Å². The van der Waals surface area contributed by atoms with E-state index in [1.54, 1.807) is 0 Å². The van der Waals surface area contributed by atoms with Gasteiger partial charge in [-0.25, -0.2) is 4.98 Å². The Hall–Kier alpha value is -1.72. The van der Waals surface area contributed by atoms with Gasteiger partial charge in [0.2, 0.25) is 0 Å². The van der Waals surface area contributed by atoms with E-state index in [0.717, 1.165) is 32.7 Å². The molecule has 0 bridgehead atoms. The van der Waals surface area contributed by atoms with Crippen molar-refractivity contribution in [1.29, 1.82) is 0 Å². The standard InChI is InChI=1S/C19H27N5/c1-2-7-17(6-1)21-12-18-19-14-23(9-4-10-24(19)15-22-18)13-16-5-3-8-20-11-16/h3,5,8,11,15,17,21H,1-2,4,6-7,9-10,12-14H2. The van der Waals surface area contributed by atoms with Gasteiger partial charge in [-0.05, 0) is 30.9 Å². The zero-order valence-corrected chi connectivity index (χ0v) is 14.3. The minimum absolute atomic E-state index is 0.694. The fraction of sp³-hybridized carbons (Fsp3) is 0.579. The van der Waals surface area contributed by atoms with Crippen LogP contribution in [0.5, 0.6) is 0 Å². The number of nitrogens with one attached hydrogen (secondary N) is 1. The Morgan fingerprint density at radius 2 is 2.08 bits per heavy atom. The summed E-state index contributed by atoms with van der Waals surface area (Å²) in [5.41, 5.74) is 3.91. The van der Waals surface area contributed by atoms with Crippen molar-refractivity contribution in [2.75, 3.05) is 6.54 Å². The molecule has 1 saturated carbocycles. The Morgan fingerprint density at radius 3 is 2.92 bits per heavy atom. The summed E-state index contributed by atoms with van der Waals surface area (Å²) in [7, 11) is 0. The van der Waals surface area contributed by atoms with Gasteiger partial charge in [-0.3, -0.25) is 9.88 Å². The van der Waals surface area contributed by atoms with Crippen molar-refractivity contribution in [2.45, 2.75) is 64.3 Å². The molecule has 1 N–H and O–H groups in total. The first-order valence-corrected chi connectivity index (χ1v) is 9.26. The van der Waals surface area contributed by atoms with Crippen LogP contribution in [0.2, 0.25) is 0 Å². The molecule has 0 spiro atoms. The highest BCUT2D eigenvalue weighted by atomic mass is 15.2. The average molecular weight is 325 g/mol. The highest BCUT2D eigenvalue weighted by Crippen LogP contribution is 2.21. The first kappa shape index (κ1) is 15.8. The molecule has 24 heavy (non-hydrogen) atoms. The van der Waals surface area contributed by atoms with Crippen LogP contribution >= 0.6 is 0 Å². The number of hydrogen-bond acceptors (Lipinski definition) is 4. The van der Waals surface area contributed by atoms with Crippen LogP contribution in [0, 0.1) is 0 Å². The van der Waals surface area contributed by atoms with Gasteiger partial charge in [0.05, 0.1) is 17.7 Å². The molecule has 128 valence electrons. The van der Waals surface area contributed by atoms with E-state index in [9.17, 15) is 0 Å². The highest BCUT2D eigenvalue weighted by molar-refractivity contribution is 5.15. The summed E-state index contributed by atoms with van der Waals surface area (Å²) in [5, 5.41) is 3.71. The van der Waals surface area contributed by atoms with Crippen molar-refractivity contribution in [3.8, 4) is 0 Å². The molecule has 0 radical (unpaired) electrons. The van der Waals surface area contributed by atoms with Crippen LogP contribution in [0.1, 0.15) is 49.1 Å². The highest BCUT2D eigenvalue weighted by Gasteiger charge is 2.20. The van der Waals surface area contributed by atoms with Crippen LogP contribution in [-0.2, 0) is 26.2 Å². The zero-order valence-electron chi connectivity index (χ0n) is 14.3. The minimum Gasteiger partial charge on any atom is -0.333 e. The van der Waals surface area contributed by atoms with Crippen molar-refractivity contribution in [3.05, 3.63) is 47.8 Å². The molecule has 1 fully saturated rings. The predicted molar refractivity (Wildman–Crippen MR) is 94.3 cm³/mol. The molecule has 0 atom stereocenters. The Bertz CT molecular complexity index is 645. The van der Waals surface area contributed by atoms with Gasteiger partial charge in [-0.15, -0.1) is 0 Å². The predicted octanol–water partition coefficient (Wildman–Crippen LogP) is 2.72. The summed E-state index contributed by atoms with van der Waals surface area (Å²) in [6.07, 6.45) is 12.4. The largest absolute Gasteiger partial charge is 0.333 e. The molecule has 1 aliphatic heterocycles. The SMILES string of the molecule is c1cncc(CN2CCCn3cnc(CNC4CCCC4)c3C2)c1. The lowest BCUT2D eigenvalue weighted by Crippen LogP contribution is -2.27. The number of nitrogens with zero attached hydrogens (tertiary/aromatic N) is 4. The lowest BCUT2D eigenvalue weighted by molar-refractivity contribution is 0.259. The van der Waals surface area contributed by atoms with Crippen molar-refractivity contribution in [3.63, 3.8) is 0 Å². The van der Waals surface area contributed by atoms with E-state index in [4.69, 9.17) is 4.98 Å². The molecular weight excluding hydrogens is 298 g/mol. The maximum atomic E-state index is 4.70. The molecule has 1 aliphatic carbocycles. The smallest absolute Gasteiger partial charge is 0.0952 e. The van der Waals surface area contributed by atoms with E-state index in [1.165, 1.54) is 49.1 Å². The van der Waals surface area contributed by atoms with E-state index in [-0.39, 0.29) is 0 Å². The van der Waals surface area contributed by atoms with Crippen LogP contribution in [0.3, 0.4) is 0 Å². The quantitative estimate of drug-likeness (QED) is 0.918. The number of pyridine rings is 1. The maximum Gasteiger partial charge on any atom is 0.0952 e. The molecule has 0 amide bonds. The van der Waals surface area contributed by atoms with Gasteiger partial charge in [0, 0.05) is 51.2 Å². The zero-order chi connectivity index (χ0) is 16.2. The van der Waals surface area contributed by atoms with E-state index in [0.29, 0.717) is 6.04 Å². The summed E-state index contributed by atoms with van der Waals surface area (Å²) in [4.78, 5) is 11.5. The first-order valence-electron chi connectivity index (χ1n) is 9.26. The summed E-state index contributed by atoms with van der Waals surface area (Å²) in [5.74, 6) is 0. The lowest BCUT2D eigenvalue weighted by atomic mass is 10.2. The molecule has 4 rings (SSSR count). The minimum atomic E-state index is 0.694. The summed E-state index contributed by atoms with van der Waals surface area (Å²) in [6.45, 7) is 5.07. The third kappa shape index (κ3) is 3.68. The molecule has 2 aromatic heterocycles. The number of hydrogen-bond donors (Lipinski definition) is 1. The monoisotopic (exact) mass is 325 g/mol. The number of imidazole rings is 1. The second kappa shape index (κ2) is 7.45. The fourth-order valence-corrected chi connectivity index (χ4v) is 3.98. The number of rotatable bonds is 5. The van der Waals surface area contributed by atoms with Crippen LogP contribution in [0.25, 0.3) is 0 Å². The normalized spacial score (nSPS) is 19.3. The Kier molecular flexibility index (Phi) is 4.90. The van der Waals surface area contributed by atoms with Gasteiger partial charge in [0.25, 0.3) is 0 Å². The summed E-state index contributed by atoms with van der Waals surface area (Å²) < 4.78 is 2.36. The van der Waals surface area contributed by atoms with Crippen molar-refractivity contribution >= 4 is 0 Å². The molecule has 0 unspecified atom stereocenters. The molecule has 2 aromatic rings. The van der Waals surface area contributed by atoms with Gasteiger partial charge in [-0.2, -0.15) is 0 Å². The summed E-state index contributed by atoms with van der Waals surface area (Å²) >= 11 is 0. The Balaban J connectivity index is 1.43. The van der Waals surface area contributed by atoms with Gasteiger partial charge in [0.1, 0.15) is 0 Å². The van der Waals surface area contributed by atoms with Crippen molar-refractivity contribution in [1.82, 2.24) is 24.8 Å². The molecule has 3 heterocycles. The number of fused-ring (bicyclic) bond motifs is 1. The molecule has 5 nitrogen and oxygen atoms in total. The van der Waals surface area contributed by atoms with Crippen LogP contribution in [-0.4, -0.2) is 32.0 Å². The topological polar surface area (TPSA) is 46.0 Å². The van der Waals surface area contributed by atoms with Gasteiger partial charge in [-0.1, -0.05) is 18.9 Å². The van der Waals surface area contributed by atoms with Crippen LogP contribution < -0.4 is 5.32 Å². The summed E-state index contributed by atoms with van der Waals surface area (Å²) in [6, 6.07) is 4.88. The lowest BCUT2D eigenvalue weighted by Gasteiger charge is -2.20. The molecule has 0 saturated heterocycles. The molecular formula is C19H27N5. The second-order valence-electron chi connectivity index (χ2n) is 7.12. The van der Waals surface area contributed by atoms with Gasteiger partial charge < -0.3 is 9.88 Å². The average Bonchev–Trinajstić information content (AvgIpc) is 3.20. The first-order chi connectivity index (χ1) is 11.9. The van der Waals surface area contributed by atoms with Gasteiger partial charge >= 0.3 is 0 Å². The van der Waals surface area contributed by atoms with E-state index in [1.807, 2.05) is 24.8 Å². The Morgan fingerprint density at radius 1 is 1.17 bits per heavy atom. The second-order valence-corrected chi connectivity index (χ2v) is 7.12. The van der Waals surface area contributed by atoms with Crippen molar-refractivity contribution in [2.24, 2.45) is 0 Å². The fourth-order valence-electron chi connectivity index (χ4n) is 3.98. The Labute approximate surface area is 144 Å². The van der Waals surface area contributed by atoms with Crippen LogP contribution in [0.4, 0.5) is 0 Å². The molecule has 0 aromatic carbocycles. The van der Waals surface area contributed by atoms with E-state index >= 15 is 0 Å². The maximum absolute atomic E-state index is 4.70. The van der Waals surface area contributed by atoms with E-state index < -0.39 is 0 Å². The third-order valence-corrected chi connectivity index (χ3v) is 5.32. The third-order valence-electron chi connectivity index (χ3n) is 5.32.